The summed E-state index contributed by atoms with van der Waals surface area (Å²) >= 11 is 0. The molecule has 2 aromatic carbocycles. The van der Waals surface area contributed by atoms with Crippen LogP contribution in [0.5, 0.6) is 0 Å². The van der Waals surface area contributed by atoms with Gasteiger partial charge < -0.3 is 19.6 Å². The molecule has 1 heterocycles. The molecular weight excluding hydrogens is 332 g/mol. The normalized spacial score (nSPS) is 13.3. The van der Waals surface area contributed by atoms with Crippen LogP contribution in [0.3, 0.4) is 0 Å². The van der Waals surface area contributed by atoms with Gasteiger partial charge in [-0.15, -0.1) is 0 Å². The number of nitrogens with zero attached hydrogens (tertiary/aromatic N) is 4. The van der Waals surface area contributed by atoms with Crippen LogP contribution in [0.4, 0.5) is 22.7 Å². The second kappa shape index (κ2) is 8.85. The molecule has 2 aromatic rings. The van der Waals surface area contributed by atoms with Crippen LogP contribution in [0.1, 0.15) is 27.7 Å². The van der Waals surface area contributed by atoms with E-state index in [2.05, 4.69) is 92.7 Å². The first-order valence-electron chi connectivity index (χ1n) is 9.93. The molecule has 2 radical (unpaired) electrons. The van der Waals surface area contributed by atoms with E-state index in [0.717, 1.165) is 37.6 Å². The molecule has 142 valence electrons. The molecular formula is C23H30N4. The first kappa shape index (κ1) is 19.2. The minimum absolute atomic E-state index is 1.02. The minimum Gasteiger partial charge on any atom is -0.372 e. The largest absolute Gasteiger partial charge is 0.372 e. The van der Waals surface area contributed by atoms with Crippen LogP contribution in [-0.2, 0) is 0 Å². The van der Waals surface area contributed by atoms with Gasteiger partial charge in [0.2, 0.25) is 6.67 Å². The highest BCUT2D eigenvalue weighted by atomic mass is 15.3. The maximum Gasteiger partial charge on any atom is 0.217 e. The van der Waals surface area contributed by atoms with Crippen molar-refractivity contribution in [1.82, 2.24) is 0 Å². The van der Waals surface area contributed by atoms with E-state index in [9.17, 15) is 0 Å². The number of anilines is 4. The van der Waals surface area contributed by atoms with Crippen LogP contribution in [-0.4, -0.2) is 26.2 Å². The second-order valence-corrected chi connectivity index (χ2v) is 6.52. The van der Waals surface area contributed by atoms with Crippen LogP contribution in [0.25, 0.3) is 0 Å². The first-order valence-corrected chi connectivity index (χ1v) is 9.93. The van der Waals surface area contributed by atoms with Crippen LogP contribution < -0.4 is 19.6 Å². The Hall–Kier alpha value is -2.62. The van der Waals surface area contributed by atoms with Gasteiger partial charge in [0.05, 0.1) is 0 Å². The smallest absolute Gasteiger partial charge is 0.217 e. The fourth-order valence-electron chi connectivity index (χ4n) is 3.43. The van der Waals surface area contributed by atoms with Gasteiger partial charge in [0, 0.05) is 61.3 Å². The van der Waals surface area contributed by atoms with E-state index in [1.807, 2.05) is 22.2 Å². The lowest BCUT2D eigenvalue weighted by molar-refractivity contribution is 0.866. The fraction of sp³-hybridized carbons (Fsp3) is 0.348. The summed E-state index contributed by atoms with van der Waals surface area (Å²) < 4.78 is 0. The van der Waals surface area contributed by atoms with E-state index >= 15 is 0 Å². The van der Waals surface area contributed by atoms with Gasteiger partial charge >= 0.3 is 0 Å². The Bertz CT molecular complexity index is 664. The maximum atomic E-state index is 3.41. The van der Waals surface area contributed by atoms with Crippen molar-refractivity contribution < 1.29 is 0 Å². The summed E-state index contributed by atoms with van der Waals surface area (Å²) in [5.41, 5.74) is 4.75. The van der Waals surface area contributed by atoms with Crippen molar-refractivity contribution in [3.8, 4) is 0 Å². The van der Waals surface area contributed by atoms with E-state index in [1.165, 1.54) is 11.4 Å². The van der Waals surface area contributed by atoms with Crippen molar-refractivity contribution in [2.75, 3.05) is 45.8 Å². The zero-order valence-corrected chi connectivity index (χ0v) is 16.9. The number of hydrogen-bond donors (Lipinski definition) is 0. The summed E-state index contributed by atoms with van der Waals surface area (Å²) in [4.78, 5) is 8.76. The molecule has 0 atom stereocenters. The Balaban J connectivity index is 1.66. The highest BCUT2D eigenvalue weighted by Gasteiger charge is 2.18. The monoisotopic (exact) mass is 362 g/mol. The molecule has 0 bridgehead atoms. The Labute approximate surface area is 164 Å². The van der Waals surface area contributed by atoms with Crippen molar-refractivity contribution in [3.05, 3.63) is 67.6 Å². The summed E-state index contributed by atoms with van der Waals surface area (Å²) in [5, 5.41) is 0. The summed E-state index contributed by atoms with van der Waals surface area (Å²) in [6.45, 7) is 16.2. The summed E-state index contributed by atoms with van der Waals surface area (Å²) in [6.07, 6.45) is 4.09. The maximum absolute atomic E-state index is 3.41. The number of benzene rings is 2. The molecule has 0 fully saturated rings. The molecule has 0 saturated carbocycles. The predicted octanol–water partition coefficient (Wildman–Crippen LogP) is 5.17. The van der Waals surface area contributed by atoms with Gasteiger partial charge in [-0.1, -0.05) is 0 Å². The molecule has 1 aliphatic heterocycles. The molecule has 0 aliphatic carbocycles. The van der Waals surface area contributed by atoms with E-state index in [-0.39, 0.29) is 0 Å². The summed E-state index contributed by atoms with van der Waals surface area (Å²) in [7, 11) is 0. The van der Waals surface area contributed by atoms with Gasteiger partial charge in [-0.05, 0) is 76.2 Å². The average molecular weight is 363 g/mol. The second-order valence-electron chi connectivity index (χ2n) is 6.52. The highest BCUT2D eigenvalue weighted by Crippen LogP contribution is 2.29. The van der Waals surface area contributed by atoms with Gasteiger partial charge in [-0.3, -0.25) is 0 Å². The lowest BCUT2D eigenvalue weighted by Crippen LogP contribution is -2.22. The zero-order chi connectivity index (χ0) is 19.2. The molecule has 27 heavy (non-hydrogen) atoms. The lowest BCUT2D eigenvalue weighted by atomic mass is 10.2. The van der Waals surface area contributed by atoms with Crippen molar-refractivity contribution in [1.29, 1.82) is 0 Å². The molecule has 0 saturated heterocycles. The van der Waals surface area contributed by atoms with Crippen molar-refractivity contribution in [3.63, 3.8) is 0 Å². The Morgan fingerprint density at radius 2 is 0.926 bits per heavy atom. The third-order valence-corrected chi connectivity index (χ3v) is 5.09. The summed E-state index contributed by atoms with van der Waals surface area (Å²) in [5.74, 6) is 0. The Morgan fingerprint density at radius 3 is 1.22 bits per heavy atom. The van der Waals surface area contributed by atoms with E-state index in [0.29, 0.717) is 0 Å². The number of rotatable bonds is 8. The van der Waals surface area contributed by atoms with Gasteiger partial charge in [-0.25, -0.2) is 0 Å². The standard InChI is InChI=1S/C23H30N4/c1-5-24(6-2)20-9-13-22(14-10-20)26-17-18-27(19-26)23-15-11-21(12-16-23)25(7-3)8-4/h9-18H,5-8H2,1-4H3. The third kappa shape index (κ3) is 4.21. The molecule has 0 aromatic heterocycles. The Kier molecular flexibility index (Phi) is 6.28. The molecule has 0 amide bonds. The van der Waals surface area contributed by atoms with Crippen LogP contribution >= 0.6 is 0 Å². The van der Waals surface area contributed by atoms with Crippen molar-refractivity contribution in [2.24, 2.45) is 0 Å². The topological polar surface area (TPSA) is 13.0 Å². The molecule has 4 nitrogen and oxygen atoms in total. The minimum atomic E-state index is 1.02. The third-order valence-electron chi connectivity index (χ3n) is 5.09. The molecule has 4 heteroatoms. The average Bonchev–Trinajstić information content (AvgIpc) is 3.21. The van der Waals surface area contributed by atoms with Gasteiger partial charge in [-0.2, -0.15) is 0 Å². The van der Waals surface area contributed by atoms with Gasteiger partial charge in [0.15, 0.2) is 0 Å². The fourth-order valence-corrected chi connectivity index (χ4v) is 3.43. The van der Waals surface area contributed by atoms with E-state index in [1.54, 1.807) is 0 Å². The van der Waals surface area contributed by atoms with Crippen molar-refractivity contribution in [2.45, 2.75) is 27.7 Å². The van der Waals surface area contributed by atoms with Crippen LogP contribution in [0.2, 0.25) is 0 Å². The molecule has 0 N–H and O–H groups in total. The Morgan fingerprint density at radius 1 is 0.593 bits per heavy atom. The number of hydrogen-bond acceptors (Lipinski definition) is 4. The van der Waals surface area contributed by atoms with Gasteiger partial charge in [0.25, 0.3) is 0 Å². The molecule has 3 rings (SSSR count). The van der Waals surface area contributed by atoms with Crippen molar-refractivity contribution >= 4 is 22.7 Å². The van der Waals surface area contributed by atoms with Gasteiger partial charge in [0.1, 0.15) is 0 Å². The van der Waals surface area contributed by atoms with E-state index in [4.69, 9.17) is 0 Å². The lowest BCUT2D eigenvalue weighted by Gasteiger charge is -2.24. The quantitative estimate of drug-likeness (QED) is 0.642. The van der Waals surface area contributed by atoms with Crippen LogP contribution in [0, 0.1) is 6.67 Å². The molecule has 0 unspecified atom stereocenters. The SMILES string of the molecule is CCN(CC)c1ccc(N2[C]N(c3ccc(N(CC)CC)cc3)C=C2)cc1. The van der Waals surface area contributed by atoms with Crippen LogP contribution in [0.15, 0.2) is 60.9 Å². The zero-order valence-electron chi connectivity index (χ0n) is 16.9. The van der Waals surface area contributed by atoms with E-state index < -0.39 is 0 Å². The molecule has 1 aliphatic rings. The first-order chi connectivity index (χ1) is 13.2. The predicted molar refractivity (Wildman–Crippen MR) is 117 cm³/mol. The molecule has 0 spiro atoms. The summed E-state index contributed by atoms with van der Waals surface area (Å²) in [6, 6.07) is 17.3. The highest BCUT2D eigenvalue weighted by molar-refractivity contribution is 5.66.